The van der Waals surface area contributed by atoms with Gasteiger partial charge in [-0.2, -0.15) is 0 Å². The molecule has 1 aliphatic heterocycles. The zero-order valence-electron chi connectivity index (χ0n) is 15.4. The predicted octanol–water partition coefficient (Wildman–Crippen LogP) is 2.72. The molecule has 0 saturated carbocycles. The van der Waals surface area contributed by atoms with Crippen LogP contribution in [0.25, 0.3) is 11.0 Å². The molecule has 0 radical (unpaired) electrons. The molecule has 148 valence electrons. The molecule has 7 nitrogen and oxygen atoms in total. The first-order chi connectivity index (χ1) is 13.4. The molecule has 3 heterocycles. The van der Waals surface area contributed by atoms with Gasteiger partial charge in [0.25, 0.3) is 5.91 Å². The number of furan rings is 1. The maximum Gasteiger partial charge on any atom is 0.256 e. The fourth-order valence-electron chi connectivity index (χ4n) is 3.08. The lowest BCUT2D eigenvalue weighted by molar-refractivity contribution is -0.0919. The van der Waals surface area contributed by atoms with E-state index in [0.717, 1.165) is 10.6 Å². The third-order valence-corrected chi connectivity index (χ3v) is 5.70. The summed E-state index contributed by atoms with van der Waals surface area (Å²) in [6.45, 7) is 3.92. The number of nitrogens with zero attached hydrogens (tertiary/aromatic N) is 1. The van der Waals surface area contributed by atoms with Crippen molar-refractivity contribution in [2.45, 2.75) is 26.0 Å². The number of nitrogens with one attached hydrogen (secondary N) is 1. The predicted molar refractivity (Wildman–Crippen MR) is 100 cm³/mol. The molecule has 28 heavy (non-hydrogen) atoms. The summed E-state index contributed by atoms with van der Waals surface area (Å²) >= 11 is 1.43. The van der Waals surface area contributed by atoms with Crippen molar-refractivity contribution in [1.29, 1.82) is 0 Å². The molecule has 9 heteroatoms. The SMILES string of the molecule is Cc1ncsc1COc1cc2c(C(=O)NC3(CO)COC3)c(C)oc2cc1F. The number of amides is 1. The van der Waals surface area contributed by atoms with Crippen LogP contribution in [0.4, 0.5) is 4.39 Å². The molecular weight excluding hydrogens is 387 g/mol. The molecule has 2 aromatic heterocycles. The van der Waals surface area contributed by atoms with Crippen molar-refractivity contribution in [2.75, 3.05) is 19.8 Å². The molecule has 1 fully saturated rings. The minimum atomic E-state index is -0.795. The van der Waals surface area contributed by atoms with Crippen LogP contribution in [0.5, 0.6) is 5.75 Å². The van der Waals surface area contributed by atoms with Crippen LogP contribution in [0.3, 0.4) is 0 Å². The van der Waals surface area contributed by atoms with Crippen LogP contribution in [0, 0.1) is 19.7 Å². The minimum absolute atomic E-state index is 0.0269. The number of ether oxygens (including phenoxy) is 2. The van der Waals surface area contributed by atoms with Crippen molar-refractivity contribution in [2.24, 2.45) is 0 Å². The average Bonchev–Trinajstić information content (AvgIpc) is 3.17. The van der Waals surface area contributed by atoms with Crippen LogP contribution in [0.15, 0.2) is 22.1 Å². The highest BCUT2D eigenvalue weighted by Gasteiger charge is 2.40. The van der Waals surface area contributed by atoms with Gasteiger partial charge in [0.2, 0.25) is 0 Å². The Morgan fingerprint density at radius 2 is 2.21 bits per heavy atom. The van der Waals surface area contributed by atoms with Gasteiger partial charge in [0, 0.05) is 11.5 Å². The van der Waals surface area contributed by atoms with E-state index in [2.05, 4.69) is 10.3 Å². The second-order valence-corrected chi connectivity index (χ2v) is 7.79. The number of hydrogen-bond acceptors (Lipinski definition) is 7. The molecule has 0 unspecified atom stereocenters. The highest BCUT2D eigenvalue weighted by atomic mass is 32.1. The van der Waals surface area contributed by atoms with Crippen LogP contribution in [0.2, 0.25) is 0 Å². The Bertz CT molecular complexity index is 1040. The van der Waals surface area contributed by atoms with Crippen LogP contribution < -0.4 is 10.1 Å². The maximum absolute atomic E-state index is 14.4. The van der Waals surface area contributed by atoms with Crippen molar-refractivity contribution >= 4 is 28.2 Å². The van der Waals surface area contributed by atoms with Crippen LogP contribution in [0.1, 0.15) is 26.7 Å². The van der Waals surface area contributed by atoms with Gasteiger partial charge in [-0.1, -0.05) is 0 Å². The second-order valence-electron chi connectivity index (χ2n) is 6.85. The molecule has 1 aliphatic rings. The number of benzene rings is 1. The van der Waals surface area contributed by atoms with Crippen molar-refractivity contribution in [3.63, 3.8) is 0 Å². The second kappa shape index (κ2) is 7.16. The van der Waals surface area contributed by atoms with Gasteiger partial charge in [0.05, 0.1) is 41.5 Å². The summed E-state index contributed by atoms with van der Waals surface area (Å²) in [5.74, 6) is -0.603. The Hall–Kier alpha value is -2.49. The third kappa shape index (κ3) is 3.25. The van der Waals surface area contributed by atoms with E-state index in [9.17, 15) is 14.3 Å². The molecule has 0 bridgehead atoms. The molecule has 0 aliphatic carbocycles. The zero-order chi connectivity index (χ0) is 19.9. The van der Waals surface area contributed by atoms with Crippen molar-refractivity contribution < 1.29 is 28.2 Å². The average molecular weight is 406 g/mol. The van der Waals surface area contributed by atoms with E-state index in [1.54, 1.807) is 12.4 Å². The number of aromatic nitrogens is 1. The quantitative estimate of drug-likeness (QED) is 0.654. The van der Waals surface area contributed by atoms with Crippen molar-refractivity contribution in [1.82, 2.24) is 10.3 Å². The number of hydrogen-bond donors (Lipinski definition) is 2. The van der Waals surface area contributed by atoms with Crippen LogP contribution >= 0.6 is 11.3 Å². The summed E-state index contributed by atoms with van der Waals surface area (Å²) in [6, 6.07) is 2.68. The maximum atomic E-state index is 14.4. The number of rotatable bonds is 6. The van der Waals surface area contributed by atoms with E-state index in [0.29, 0.717) is 11.1 Å². The monoisotopic (exact) mass is 406 g/mol. The molecule has 0 atom stereocenters. The van der Waals surface area contributed by atoms with E-state index in [-0.39, 0.29) is 43.3 Å². The molecule has 1 amide bonds. The summed E-state index contributed by atoms with van der Waals surface area (Å²) in [5, 5.41) is 12.8. The Kier molecular flexibility index (Phi) is 4.82. The van der Waals surface area contributed by atoms with E-state index < -0.39 is 17.3 Å². The Labute approximate surface area is 164 Å². The fraction of sp³-hybridized carbons (Fsp3) is 0.368. The number of aryl methyl sites for hydroxylation is 2. The van der Waals surface area contributed by atoms with Gasteiger partial charge in [0.1, 0.15) is 23.5 Å². The molecule has 4 rings (SSSR count). The first kappa shape index (κ1) is 18.9. The minimum Gasteiger partial charge on any atom is -0.485 e. The van der Waals surface area contributed by atoms with Gasteiger partial charge >= 0.3 is 0 Å². The summed E-state index contributed by atoms with van der Waals surface area (Å²) in [5.41, 5.74) is 2.29. The van der Waals surface area contributed by atoms with E-state index in [4.69, 9.17) is 13.9 Å². The number of thiazole rings is 1. The topological polar surface area (TPSA) is 93.8 Å². The Balaban J connectivity index is 1.64. The summed E-state index contributed by atoms with van der Waals surface area (Å²) in [7, 11) is 0. The van der Waals surface area contributed by atoms with E-state index in [1.165, 1.54) is 23.5 Å². The first-order valence-electron chi connectivity index (χ1n) is 8.68. The molecule has 1 aromatic carbocycles. The highest BCUT2D eigenvalue weighted by Crippen LogP contribution is 2.32. The number of aliphatic hydroxyl groups is 1. The van der Waals surface area contributed by atoms with E-state index >= 15 is 0 Å². The van der Waals surface area contributed by atoms with E-state index in [1.807, 2.05) is 6.92 Å². The Morgan fingerprint density at radius 3 is 2.82 bits per heavy atom. The van der Waals surface area contributed by atoms with Crippen LogP contribution in [-0.4, -0.2) is 41.4 Å². The lowest BCUT2D eigenvalue weighted by Gasteiger charge is -2.40. The lowest BCUT2D eigenvalue weighted by atomic mass is 9.97. The summed E-state index contributed by atoms with van der Waals surface area (Å²) < 4.78 is 30.7. The number of carbonyl (C=O) groups is 1. The van der Waals surface area contributed by atoms with Gasteiger partial charge in [-0.3, -0.25) is 4.79 Å². The van der Waals surface area contributed by atoms with Crippen molar-refractivity contribution in [3.8, 4) is 5.75 Å². The summed E-state index contributed by atoms with van der Waals surface area (Å²) in [4.78, 5) is 17.9. The van der Waals surface area contributed by atoms with Gasteiger partial charge in [-0.25, -0.2) is 9.37 Å². The largest absolute Gasteiger partial charge is 0.485 e. The molecule has 0 spiro atoms. The smallest absolute Gasteiger partial charge is 0.256 e. The molecule has 3 aromatic rings. The fourth-order valence-corrected chi connectivity index (χ4v) is 3.76. The molecule has 1 saturated heterocycles. The number of fused-ring (bicyclic) bond motifs is 1. The molecule has 2 N–H and O–H groups in total. The van der Waals surface area contributed by atoms with Gasteiger partial charge in [-0.15, -0.1) is 11.3 Å². The Morgan fingerprint density at radius 1 is 1.43 bits per heavy atom. The zero-order valence-corrected chi connectivity index (χ0v) is 16.2. The first-order valence-corrected chi connectivity index (χ1v) is 9.56. The highest BCUT2D eigenvalue weighted by molar-refractivity contribution is 7.09. The van der Waals surface area contributed by atoms with Gasteiger partial charge < -0.3 is 24.3 Å². The number of carbonyl (C=O) groups excluding carboxylic acids is 1. The van der Waals surface area contributed by atoms with Gasteiger partial charge in [-0.05, 0) is 19.9 Å². The number of aliphatic hydroxyl groups excluding tert-OH is 1. The lowest BCUT2D eigenvalue weighted by Crippen LogP contribution is -2.64. The normalized spacial score (nSPS) is 15.4. The third-order valence-electron chi connectivity index (χ3n) is 4.79. The summed E-state index contributed by atoms with van der Waals surface area (Å²) in [6.07, 6.45) is 0. The molecular formula is C19H19FN2O5S. The van der Waals surface area contributed by atoms with Crippen LogP contribution in [-0.2, 0) is 11.3 Å². The van der Waals surface area contributed by atoms with Crippen molar-refractivity contribution in [3.05, 3.63) is 45.4 Å². The standard InChI is InChI=1S/C19H19FN2O5S/c1-10-16(28-9-21-10)5-26-15-3-12-14(4-13(15)20)27-11(2)17(12)18(24)22-19(6-23)7-25-8-19/h3-4,9,23H,5-8H2,1-2H3,(H,22,24). The number of halogens is 1. The van der Waals surface area contributed by atoms with Gasteiger partial charge in [0.15, 0.2) is 11.6 Å².